The number of nitrogens with two attached hydrogens (primary N) is 1. The van der Waals surface area contributed by atoms with E-state index in [9.17, 15) is 4.79 Å². The molecule has 1 aliphatic rings. The monoisotopic (exact) mass is 514 g/mol. The van der Waals surface area contributed by atoms with Crippen LogP contribution in [0.3, 0.4) is 0 Å². The van der Waals surface area contributed by atoms with Crippen molar-refractivity contribution in [3.05, 3.63) is 54.2 Å². The number of hydrogen-bond donors (Lipinski definition) is 3. The van der Waals surface area contributed by atoms with E-state index in [-0.39, 0.29) is 17.1 Å². The number of nitrogens with zero attached hydrogens (tertiary/aromatic N) is 7. The Hall–Kier alpha value is -4.09. The highest BCUT2D eigenvalue weighted by atomic mass is 16.1. The van der Waals surface area contributed by atoms with Crippen molar-refractivity contribution < 1.29 is 4.79 Å². The van der Waals surface area contributed by atoms with Crippen molar-refractivity contribution >= 4 is 34.3 Å². The molecule has 198 valence electrons. The molecule has 38 heavy (non-hydrogen) atoms. The molecular formula is C27H34N10O. The third-order valence-electron chi connectivity index (χ3n) is 7.41. The Morgan fingerprint density at radius 3 is 2.37 bits per heavy atom. The number of carbonyl (C=O) groups is 1. The molecule has 1 saturated heterocycles. The van der Waals surface area contributed by atoms with Gasteiger partial charge in [0.2, 0.25) is 0 Å². The SMILES string of the molecule is CNc1nc(Nc2ccc(C(C)(C)N3CCN(C)CC3)cc2)c(C(N)=O)nc1-c1cncc2c1ncn2C. The van der Waals surface area contributed by atoms with Crippen LogP contribution >= 0.6 is 0 Å². The summed E-state index contributed by atoms with van der Waals surface area (Å²) in [6, 6.07) is 8.20. The van der Waals surface area contributed by atoms with Crippen molar-refractivity contribution in [2.24, 2.45) is 12.8 Å². The van der Waals surface area contributed by atoms with E-state index in [2.05, 4.69) is 73.4 Å². The first-order valence-corrected chi connectivity index (χ1v) is 12.6. The number of imidazole rings is 1. The summed E-state index contributed by atoms with van der Waals surface area (Å²) in [7, 11) is 5.81. The summed E-state index contributed by atoms with van der Waals surface area (Å²) in [6.07, 6.45) is 5.11. The quantitative estimate of drug-likeness (QED) is 0.341. The van der Waals surface area contributed by atoms with E-state index in [1.54, 1.807) is 25.8 Å². The molecule has 0 atom stereocenters. The van der Waals surface area contributed by atoms with E-state index in [0.717, 1.165) is 37.4 Å². The number of pyridine rings is 1. The molecule has 0 spiro atoms. The molecule has 0 bridgehead atoms. The fraction of sp³-hybridized carbons (Fsp3) is 0.370. The van der Waals surface area contributed by atoms with E-state index in [4.69, 9.17) is 5.73 Å². The Morgan fingerprint density at radius 1 is 1.00 bits per heavy atom. The van der Waals surface area contributed by atoms with Gasteiger partial charge in [0.05, 0.1) is 23.6 Å². The average molecular weight is 515 g/mol. The van der Waals surface area contributed by atoms with Gasteiger partial charge in [-0.05, 0) is 38.6 Å². The molecule has 0 unspecified atom stereocenters. The van der Waals surface area contributed by atoms with Gasteiger partial charge in [0.25, 0.3) is 5.91 Å². The standard InChI is InChI=1S/C27H34N10O/c1-27(2,37-12-10-35(4)11-13-37)17-6-8-18(9-7-17)32-26-23(24(28)38)33-22(25(29-3)34-26)19-14-30-15-20-21(19)31-16-36(20)5/h6-9,14-16H,10-13H2,1-5H3,(H2,28,38)(H2,29,32,34). The highest BCUT2D eigenvalue weighted by Crippen LogP contribution is 2.33. The zero-order valence-corrected chi connectivity index (χ0v) is 22.5. The number of piperazine rings is 1. The van der Waals surface area contributed by atoms with Crippen LogP contribution in [0.4, 0.5) is 17.3 Å². The maximum absolute atomic E-state index is 12.5. The smallest absolute Gasteiger partial charge is 0.271 e. The Balaban J connectivity index is 1.46. The van der Waals surface area contributed by atoms with E-state index < -0.39 is 5.91 Å². The molecule has 0 aliphatic carbocycles. The first kappa shape index (κ1) is 25.6. The molecule has 5 rings (SSSR count). The van der Waals surface area contributed by atoms with Crippen LogP contribution in [0.25, 0.3) is 22.3 Å². The molecule has 1 aliphatic heterocycles. The number of primary amides is 1. The molecule has 1 fully saturated rings. The van der Waals surface area contributed by atoms with Gasteiger partial charge in [-0.15, -0.1) is 0 Å². The summed E-state index contributed by atoms with van der Waals surface area (Å²) in [6.45, 7) is 8.70. The summed E-state index contributed by atoms with van der Waals surface area (Å²) in [4.78, 5) is 35.5. The van der Waals surface area contributed by atoms with Crippen molar-refractivity contribution in [2.45, 2.75) is 19.4 Å². The second kappa shape index (κ2) is 9.99. The van der Waals surface area contributed by atoms with Crippen molar-refractivity contribution in [1.29, 1.82) is 0 Å². The molecule has 4 N–H and O–H groups in total. The fourth-order valence-corrected chi connectivity index (χ4v) is 4.92. The number of aryl methyl sites for hydroxylation is 1. The average Bonchev–Trinajstić information content (AvgIpc) is 3.29. The number of nitrogens with one attached hydrogen (secondary N) is 2. The van der Waals surface area contributed by atoms with Gasteiger partial charge >= 0.3 is 0 Å². The number of rotatable bonds is 7. The molecule has 0 radical (unpaired) electrons. The van der Waals surface area contributed by atoms with Crippen LogP contribution < -0.4 is 16.4 Å². The maximum atomic E-state index is 12.5. The van der Waals surface area contributed by atoms with Crippen LogP contribution in [0.15, 0.2) is 43.0 Å². The Labute approximate surface area is 222 Å². The molecule has 4 aromatic rings. The van der Waals surface area contributed by atoms with Gasteiger partial charge in [0.1, 0.15) is 11.2 Å². The van der Waals surface area contributed by atoms with Crippen molar-refractivity contribution in [1.82, 2.24) is 34.3 Å². The van der Waals surface area contributed by atoms with E-state index in [0.29, 0.717) is 22.6 Å². The third-order valence-corrected chi connectivity index (χ3v) is 7.41. The maximum Gasteiger partial charge on any atom is 0.271 e. The number of carbonyl (C=O) groups excluding carboxylic acids is 1. The summed E-state index contributed by atoms with van der Waals surface area (Å²) in [5.41, 5.74) is 10.3. The minimum atomic E-state index is -0.683. The van der Waals surface area contributed by atoms with Gasteiger partial charge in [-0.2, -0.15) is 0 Å². The van der Waals surface area contributed by atoms with Crippen molar-refractivity contribution in [2.75, 3.05) is 50.9 Å². The van der Waals surface area contributed by atoms with Crippen LogP contribution in [0, 0.1) is 0 Å². The van der Waals surface area contributed by atoms with Crippen LogP contribution in [-0.2, 0) is 12.6 Å². The molecular weight excluding hydrogens is 480 g/mol. The molecule has 3 aromatic heterocycles. The normalized spacial score (nSPS) is 15.1. The number of fused-ring (bicyclic) bond motifs is 1. The third kappa shape index (κ3) is 4.66. The molecule has 1 amide bonds. The number of anilines is 3. The summed E-state index contributed by atoms with van der Waals surface area (Å²) >= 11 is 0. The van der Waals surface area contributed by atoms with Crippen LogP contribution in [-0.4, -0.2) is 80.5 Å². The zero-order valence-electron chi connectivity index (χ0n) is 22.5. The fourth-order valence-electron chi connectivity index (χ4n) is 4.92. The number of amides is 1. The summed E-state index contributed by atoms with van der Waals surface area (Å²) < 4.78 is 1.87. The van der Waals surface area contributed by atoms with Crippen LogP contribution in [0.5, 0.6) is 0 Å². The lowest BCUT2D eigenvalue weighted by Gasteiger charge is -2.43. The predicted octanol–water partition coefficient (Wildman–Crippen LogP) is 2.79. The summed E-state index contributed by atoms with van der Waals surface area (Å²) in [5.74, 6) is 0.0704. The molecule has 0 saturated carbocycles. The number of aromatic nitrogens is 5. The first-order valence-electron chi connectivity index (χ1n) is 12.6. The van der Waals surface area contributed by atoms with Gasteiger partial charge in [-0.25, -0.2) is 15.0 Å². The molecule has 11 nitrogen and oxygen atoms in total. The molecule has 4 heterocycles. The Morgan fingerprint density at radius 2 is 1.71 bits per heavy atom. The van der Waals surface area contributed by atoms with Gasteiger partial charge in [-0.3, -0.25) is 14.7 Å². The lowest BCUT2D eigenvalue weighted by Crippen LogP contribution is -2.52. The minimum absolute atomic E-state index is 0.0359. The van der Waals surface area contributed by atoms with Crippen LogP contribution in [0.1, 0.15) is 29.9 Å². The summed E-state index contributed by atoms with van der Waals surface area (Å²) in [5, 5.41) is 6.33. The Bertz CT molecular complexity index is 1470. The minimum Gasteiger partial charge on any atom is -0.371 e. The van der Waals surface area contributed by atoms with Crippen LogP contribution in [0.2, 0.25) is 0 Å². The van der Waals surface area contributed by atoms with Crippen molar-refractivity contribution in [3.8, 4) is 11.3 Å². The van der Waals surface area contributed by atoms with Gasteiger partial charge in [-0.1, -0.05) is 12.1 Å². The number of benzene rings is 1. The number of likely N-dealkylation sites (N-methyl/N-ethyl adjacent to an activating group) is 1. The topological polar surface area (TPSA) is 130 Å². The van der Waals surface area contributed by atoms with E-state index in [1.165, 1.54) is 5.56 Å². The van der Waals surface area contributed by atoms with Gasteiger partial charge in [0, 0.05) is 57.7 Å². The predicted molar refractivity (Wildman–Crippen MR) is 149 cm³/mol. The van der Waals surface area contributed by atoms with E-state index in [1.807, 2.05) is 23.7 Å². The zero-order chi connectivity index (χ0) is 27.0. The van der Waals surface area contributed by atoms with Gasteiger partial charge < -0.3 is 25.8 Å². The van der Waals surface area contributed by atoms with Gasteiger partial charge in [0.15, 0.2) is 17.3 Å². The largest absolute Gasteiger partial charge is 0.371 e. The second-order valence-electron chi connectivity index (χ2n) is 10.2. The molecule has 1 aromatic carbocycles. The highest BCUT2D eigenvalue weighted by molar-refractivity contribution is 5.99. The first-order chi connectivity index (χ1) is 18.2. The highest BCUT2D eigenvalue weighted by Gasteiger charge is 2.30. The molecule has 11 heteroatoms. The lowest BCUT2D eigenvalue weighted by atomic mass is 9.91. The number of hydrogen-bond acceptors (Lipinski definition) is 9. The van der Waals surface area contributed by atoms with Crippen molar-refractivity contribution in [3.63, 3.8) is 0 Å². The Kier molecular flexibility index (Phi) is 6.72. The second-order valence-corrected chi connectivity index (χ2v) is 10.2. The van der Waals surface area contributed by atoms with E-state index >= 15 is 0 Å². The lowest BCUT2D eigenvalue weighted by molar-refractivity contribution is 0.0606.